The number of nitrogens with one attached hydrogen (secondary N) is 2. The van der Waals surface area contributed by atoms with E-state index in [0.29, 0.717) is 0 Å². The smallest absolute Gasteiger partial charge is 0.239 e. The summed E-state index contributed by atoms with van der Waals surface area (Å²) in [5, 5.41) is 4.59. The number of Topliss-reactive ketones (excluding diaryl/α,β-unsaturated/α-hetero) is 1. The molecular formula is C14H23N3O3. The van der Waals surface area contributed by atoms with E-state index in [1.54, 1.807) is 12.2 Å². The second kappa shape index (κ2) is 13.2. The van der Waals surface area contributed by atoms with Crippen LogP contribution in [0.4, 0.5) is 0 Å². The average Bonchev–Trinajstić information content (AvgIpc) is 2.43. The Labute approximate surface area is 119 Å². The lowest BCUT2D eigenvalue weighted by Crippen LogP contribution is -2.40. The van der Waals surface area contributed by atoms with Gasteiger partial charge in [0.2, 0.25) is 11.8 Å². The molecule has 112 valence electrons. The molecule has 0 bridgehead atoms. The number of nitrogens with two attached hydrogens (primary N) is 1. The molecule has 0 aromatic rings. The number of allylic oxidation sites excluding steroid dienone is 4. The Bertz CT molecular complexity index is 387. The molecule has 0 aliphatic rings. The summed E-state index contributed by atoms with van der Waals surface area (Å²) in [6, 6.07) is 0. The van der Waals surface area contributed by atoms with E-state index >= 15 is 0 Å². The molecule has 0 saturated heterocycles. The third-order valence-electron chi connectivity index (χ3n) is 1.87. The molecule has 0 fully saturated rings. The summed E-state index contributed by atoms with van der Waals surface area (Å²) in [4.78, 5) is 31.8. The van der Waals surface area contributed by atoms with Gasteiger partial charge in [-0.05, 0) is 13.8 Å². The number of amides is 2. The standard InChI is InChI=1S/C7H13N3O3.C7H10/c1-5(11)3-9-7(13)4-10-6(12)2-8;1-4-6-7(3)5-2/h2-4,8H2,1H3,(H,9,13)(H,10,12);4-6H,1-2H2,3H3/b;7-6-. The van der Waals surface area contributed by atoms with Crippen molar-refractivity contribution in [3.05, 3.63) is 37.0 Å². The minimum Gasteiger partial charge on any atom is -0.348 e. The first-order valence-electron chi connectivity index (χ1n) is 6.02. The van der Waals surface area contributed by atoms with Crippen molar-refractivity contribution in [1.29, 1.82) is 0 Å². The fraction of sp³-hybridized carbons (Fsp3) is 0.357. The highest BCUT2D eigenvalue weighted by Gasteiger charge is 2.03. The Balaban J connectivity index is 0. The van der Waals surface area contributed by atoms with Crippen molar-refractivity contribution in [2.75, 3.05) is 19.6 Å². The normalized spacial score (nSPS) is 9.65. The van der Waals surface area contributed by atoms with Gasteiger partial charge in [0.25, 0.3) is 0 Å². The SMILES string of the molecule is C=C/C=C(/C)C=C.CC(=O)CNC(=O)CNC(=O)CN. The van der Waals surface area contributed by atoms with Gasteiger partial charge >= 0.3 is 0 Å². The zero-order valence-electron chi connectivity index (χ0n) is 12.1. The van der Waals surface area contributed by atoms with Gasteiger partial charge < -0.3 is 16.4 Å². The minimum atomic E-state index is -0.406. The molecule has 0 spiro atoms. The molecule has 0 heterocycles. The molecule has 2 amide bonds. The second-order valence-corrected chi connectivity index (χ2v) is 3.81. The van der Waals surface area contributed by atoms with E-state index in [4.69, 9.17) is 5.73 Å². The van der Waals surface area contributed by atoms with Gasteiger partial charge in [-0.15, -0.1) is 0 Å². The Kier molecular flexibility index (Phi) is 13.3. The third-order valence-corrected chi connectivity index (χ3v) is 1.87. The molecule has 0 unspecified atom stereocenters. The highest BCUT2D eigenvalue weighted by molar-refractivity contribution is 5.88. The molecule has 0 aromatic carbocycles. The van der Waals surface area contributed by atoms with Crippen LogP contribution >= 0.6 is 0 Å². The first kappa shape index (κ1) is 20.1. The summed E-state index contributed by atoms with van der Waals surface area (Å²) in [6.45, 7) is 10.1. The van der Waals surface area contributed by atoms with Gasteiger partial charge in [0, 0.05) is 0 Å². The lowest BCUT2D eigenvalue weighted by Gasteiger charge is -2.03. The van der Waals surface area contributed by atoms with E-state index in [1.807, 2.05) is 13.0 Å². The predicted octanol–water partition coefficient (Wildman–Crippen LogP) is 0.0712. The van der Waals surface area contributed by atoms with E-state index in [-0.39, 0.29) is 25.4 Å². The molecule has 0 aliphatic heterocycles. The van der Waals surface area contributed by atoms with Crippen molar-refractivity contribution in [3.63, 3.8) is 0 Å². The fourth-order valence-electron chi connectivity index (χ4n) is 0.791. The van der Waals surface area contributed by atoms with E-state index in [2.05, 4.69) is 23.8 Å². The maximum absolute atomic E-state index is 10.8. The zero-order valence-corrected chi connectivity index (χ0v) is 12.1. The molecule has 20 heavy (non-hydrogen) atoms. The monoisotopic (exact) mass is 281 g/mol. The van der Waals surface area contributed by atoms with Gasteiger partial charge in [-0.1, -0.05) is 37.0 Å². The Morgan fingerprint density at radius 3 is 1.95 bits per heavy atom. The number of hydrogen-bond acceptors (Lipinski definition) is 4. The number of hydrogen-bond donors (Lipinski definition) is 3. The van der Waals surface area contributed by atoms with E-state index in [0.717, 1.165) is 5.57 Å². The van der Waals surface area contributed by atoms with Gasteiger partial charge in [-0.25, -0.2) is 0 Å². The first-order valence-corrected chi connectivity index (χ1v) is 6.02. The number of rotatable bonds is 7. The lowest BCUT2D eigenvalue weighted by atomic mass is 10.3. The third kappa shape index (κ3) is 15.8. The zero-order chi connectivity index (χ0) is 16.0. The molecule has 6 heteroatoms. The first-order chi connectivity index (χ1) is 9.37. The number of carbonyl (C=O) groups is 3. The van der Waals surface area contributed by atoms with E-state index < -0.39 is 11.8 Å². The summed E-state index contributed by atoms with van der Waals surface area (Å²) < 4.78 is 0. The Morgan fingerprint density at radius 1 is 1.05 bits per heavy atom. The molecule has 6 nitrogen and oxygen atoms in total. The molecule has 4 N–H and O–H groups in total. The molecular weight excluding hydrogens is 258 g/mol. The molecule has 0 atom stereocenters. The highest BCUT2D eigenvalue weighted by atomic mass is 16.2. The maximum Gasteiger partial charge on any atom is 0.239 e. The maximum atomic E-state index is 10.8. The summed E-state index contributed by atoms with van der Waals surface area (Å²) in [5.41, 5.74) is 6.13. The van der Waals surface area contributed by atoms with E-state index in [1.165, 1.54) is 6.92 Å². The van der Waals surface area contributed by atoms with Crippen molar-refractivity contribution in [2.45, 2.75) is 13.8 Å². The van der Waals surface area contributed by atoms with Gasteiger partial charge in [0.1, 0.15) is 5.78 Å². The van der Waals surface area contributed by atoms with Crippen LogP contribution in [0.1, 0.15) is 13.8 Å². The lowest BCUT2D eigenvalue weighted by molar-refractivity contribution is -0.126. The van der Waals surface area contributed by atoms with Crippen LogP contribution in [0.2, 0.25) is 0 Å². The molecule has 0 aromatic heterocycles. The number of carbonyl (C=O) groups excluding carboxylic acids is 3. The van der Waals surface area contributed by atoms with Gasteiger partial charge in [0.15, 0.2) is 0 Å². The predicted molar refractivity (Wildman–Crippen MR) is 79.9 cm³/mol. The quantitative estimate of drug-likeness (QED) is 0.575. The summed E-state index contributed by atoms with van der Waals surface area (Å²) >= 11 is 0. The van der Waals surface area contributed by atoms with Crippen molar-refractivity contribution < 1.29 is 14.4 Å². The summed E-state index contributed by atoms with van der Waals surface area (Å²) in [6.07, 6.45) is 5.45. The van der Waals surface area contributed by atoms with Crippen molar-refractivity contribution >= 4 is 17.6 Å². The van der Waals surface area contributed by atoms with Crippen molar-refractivity contribution in [2.24, 2.45) is 5.73 Å². The Hall–Kier alpha value is -2.21. The van der Waals surface area contributed by atoms with Crippen LogP contribution in [0.5, 0.6) is 0 Å². The summed E-state index contributed by atoms with van der Waals surface area (Å²) in [7, 11) is 0. The van der Waals surface area contributed by atoms with Gasteiger partial charge in [0.05, 0.1) is 19.6 Å². The van der Waals surface area contributed by atoms with Gasteiger partial charge in [-0.3, -0.25) is 14.4 Å². The van der Waals surface area contributed by atoms with Crippen LogP contribution in [-0.2, 0) is 14.4 Å². The molecule has 0 saturated carbocycles. The summed E-state index contributed by atoms with van der Waals surface area (Å²) in [5.74, 6) is -0.950. The topological polar surface area (TPSA) is 101 Å². The number of ketones is 1. The molecule has 0 radical (unpaired) electrons. The molecule has 0 aliphatic carbocycles. The van der Waals surface area contributed by atoms with Crippen molar-refractivity contribution in [1.82, 2.24) is 10.6 Å². The largest absolute Gasteiger partial charge is 0.348 e. The second-order valence-electron chi connectivity index (χ2n) is 3.81. The van der Waals surface area contributed by atoms with E-state index in [9.17, 15) is 14.4 Å². The van der Waals surface area contributed by atoms with Crippen LogP contribution in [0, 0.1) is 0 Å². The van der Waals surface area contributed by atoms with Gasteiger partial charge in [-0.2, -0.15) is 0 Å². The van der Waals surface area contributed by atoms with Crippen LogP contribution in [-0.4, -0.2) is 37.2 Å². The van der Waals surface area contributed by atoms with Crippen LogP contribution in [0.15, 0.2) is 37.0 Å². The highest BCUT2D eigenvalue weighted by Crippen LogP contribution is 1.90. The Morgan fingerprint density at radius 2 is 1.60 bits per heavy atom. The van der Waals surface area contributed by atoms with Crippen LogP contribution in [0.3, 0.4) is 0 Å². The van der Waals surface area contributed by atoms with Crippen LogP contribution in [0.25, 0.3) is 0 Å². The van der Waals surface area contributed by atoms with Crippen molar-refractivity contribution in [3.8, 4) is 0 Å². The average molecular weight is 281 g/mol. The van der Waals surface area contributed by atoms with Crippen LogP contribution < -0.4 is 16.4 Å². The molecule has 0 rings (SSSR count). The minimum absolute atomic E-state index is 0.0165. The fourth-order valence-corrected chi connectivity index (χ4v) is 0.791.